The van der Waals surface area contributed by atoms with Crippen LogP contribution in [0.15, 0.2) is 79.9 Å². The topological polar surface area (TPSA) is 108 Å². The molecule has 2 heterocycles. The summed E-state index contributed by atoms with van der Waals surface area (Å²) >= 11 is 0. The van der Waals surface area contributed by atoms with Crippen LogP contribution in [0.25, 0.3) is 17.9 Å². The predicted octanol–water partition coefficient (Wildman–Crippen LogP) is 6.84. The lowest BCUT2D eigenvalue weighted by Crippen LogP contribution is -2.32. The highest BCUT2D eigenvalue weighted by atomic mass is 16.6. The third-order valence-corrected chi connectivity index (χ3v) is 8.44. The minimum Gasteiger partial charge on any atom is -0.494 e. The second kappa shape index (κ2) is 22.6. The van der Waals surface area contributed by atoms with E-state index in [1.165, 1.54) is 12.2 Å². The first-order valence-electron chi connectivity index (χ1n) is 17.8. The predicted molar refractivity (Wildman–Crippen MR) is 196 cm³/mol. The Kier molecular flexibility index (Phi) is 17.5. The molecule has 0 saturated carbocycles. The summed E-state index contributed by atoms with van der Waals surface area (Å²) in [4.78, 5) is 23.7. The Labute approximate surface area is 302 Å². The molecule has 0 aromatic heterocycles. The van der Waals surface area contributed by atoms with Crippen molar-refractivity contribution in [3.63, 3.8) is 0 Å². The van der Waals surface area contributed by atoms with Gasteiger partial charge in [-0.3, -0.25) is 0 Å². The molecule has 0 radical (unpaired) electrons. The first-order valence-corrected chi connectivity index (χ1v) is 17.8. The summed E-state index contributed by atoms with van der Waals surface area (Å²) in [5, 5.41) is 0. The summed E-state index contributed by atoms with van der Waals surface area (Å²) in [6.07, 6.45) is 12.9. The lowest BCUT2D eigenvalue weighted by atomic mass is 9.99. The molecule has 4 atom stereocenters. The third kappa shape index (κ3) is 14.1. The fourth-order valence-electron chi connectivity index (χ4n) is 5.63. The van der Waals surface area contributed by atoms with Gasteiger partial charge in [0.05, 0.1) is 39.1 Å². The van der Waals surface area contributed by atoms with Crippen LogP contribution in [-0.2, 0) is 42.7 Å². The quantitative estimate of drug-likeness (QED) is 0.0499. The number of carbonyl (C=O) groups is 2. The molecule has 0 bridgehead atoms. The number of benzene rings is 2. The maximum Gasteiger partial charge on any atom is 0.331 e. The second-order valence-electron chi connectivity index (χ2n) is 12.3. The molecule has 2 fully saturated rings. The maximum absolute atomic E-state index is 12.6. The molecule has 0 aliphatic carbocycles. The van der Waals surface area contributed by atoms with Gasteiger partial charge in [-0.1, -0.05) is 61.7 Å². The van der Waals surface area contributed by atoms with Crippen molar-refractivity contribution in [2.75, 3.05) is 60.0 Å². The smallest absolute Gasteiger partial charge is 0.331 e. The molecule has 4 rings (SSSR count). The summed E-state index contributed by atoms with van der Waals surface area (Å²) in [5.41, 5.74) is 2.83. The normalized spacial score (nSPS) is 19.6. The van der Waals surface area contributed by atoms with Crippen LogP contribution in [0.2, 0.25) is 0 Å². The molecule has 10 heteroatoms. The van der Waals surface area contributed by atoms with E-state index in [4.69, 9.17) is 37.9 Å². The lowest BCUT2D eigenvalue weighted by Gasteiger charge is -2.15. The van der Waals surface area contributed by atoms with E-state index in [2.05, 4.69) is 25.3 Å². The van der Waals surface area contributed by atoms with E-state index in [9.17, 15) is 9.59 Å². The zero-order chi connectivity index (χ0) is 36.1. The van der Waals surface area contributed by atoms with Gasteiger partial charge in [-0.15, -0.1) is 0 Å². The number of esters is 2. The summed E-state index contributed by atoms with van der Waals surface area (Å²) < 4.78 is 44.9. The maximum atomic E-state index is 12.6. The Balaban J connectivity index is 1.11. The van der Waals surface area contributed by atoms with Gasteiger partial charge in [0.2, 0.25) is 0 Å². The van der Waals surface area contributed by atoms with Crippen molar-refractivity contribution in [3.8, 4) is 5.75 Å². The largest absolute Gasteiger partial charge is 0.494 e. The van der Waals surface area contributed by atoms with E-state index >= 15 is 0 Å². The van der Waals surface area contributed by atoms with Crippen LogP contribution in [0.3, 0.4) is 0 Å². The second-order valence-corrected chi connectivity index (χ2v) is 12.3. The average molecular weight is 705 g/mol. The third-order valence-electron chi connectivity index (χ3n) is 8.44. The van der Waals surface area contributed by atoms with Crippen molar-refractivity contribution < 1.29 is 47.5 Å². The van der Waals surface area contributed by atoms with E-state index in [-0.39, 0.29) is 24.1 Å². The number of methoxy groups -OCH3 is 1. The highest BCUT2D eigenvalue weighted by molar-refractivity contribution is 5.87. The zero-order valence-electron chi connectivity index (χ0n) is 29.7. The highest BCUT2D eigenvalue weighted by Gasteiger charge is 2.48. The molecule has 0 spiro atoms. The van der Waals surface area contributed by atoms with Crippen LogP contribution >= 0.6 is 0 Å². The van der Waals surface area contributed by atoms with Crippen molar-refractivity contribution >= 4 is 29.8 Å². The molecule has 2 aliphatic rings. The monoisotopic (exact) mass is 704 g/mol. The first-order chi connectivity index (χ1) is 25.0. The van der Waals surface area contributed by atoms with Crippen LogP contribution in [0, 0.1) is 5.92 Å². The van der Waals surface area contributed by atoms with Crippen LogP contribution in [0.1, 0.15) is 55.2 Å². The van der Waals surface area contributed by atoms with Gasteiger partial charge in [-0.05, 0) is 61.4 Å². The minimum absolute atomic E-state index is 0.0543. The van der Waals surface area contributed by atoms with Gasteiger partial charge in [0, 0.05) is 57.0 Å². The van der Waals surface area contributed by atoms with Gasteiger partial charge < -0.3 is 37.9 Å². The fraction of sp³-hybridized carbons (Fsp3) is 0.463. The average Bonchev–Trinajstić information content (AvgIpc) is 3.75. The Morgan fingerprint density at radius 2 is 1.41 bits per heavy atom. The Hall–Kier alpha value is -4.22. The molecule has 0 amide bonds. The molecule has 276 valence electrons. The van der Waals surface area contributed by atoms with Crippen LogP contribution in [0.4, 0.5) is 0 Å². The molecule has 0 unspecified atom stereocenters. The summed E-state index contributed by atoms with van der Waals surface area (Å²) in [5.74, 6) is 0.629. The minimum atomic E-state index is -0.462. The lowest BCUT2D eigenvalue weighted by molar-refractivity contribution is -0.147. The zero-order valence-corrected chi connectivity index (χ0v) is 29.7. The standard InChI is InChI=1S/C41H52O10/c1-4-38(42)48-27-8-6-5-7-26-47-36-20-14-33(15-21-36)16-22-39(43)51-37-30-50-40-35(29-49-41(37)40)19-13-32-11-17-34(18-12-32)31(2)46-28-10-25-45-24-9-23-44-3/h4,11-22,35,37,40-41H,1-2,5-10,23-30H2,3H3/b19-13?,22-16+/t35-,37-,40-,41-/m1/s1. The molecule has 10 nitrogen and oxygen atoms in total. The van der Waals surface area contributed by atoms with Crippen LogP contribution in [-0.4, -0.2) is 90.2 Å². The SMILES string of the molecule is C=CC(=O)OCCCCCCOc1ccc(/C=C/C(=O)O[C@@H]2CO[C@H]3[C@@H]2OC[C@H]3C=Cc2ccc(C(=C)OCCCOCCCOC)cc2)cc1. The molecule has 51 heavy (non-hydrogen) atoms. The van der Waals surface area contributed by atoms with Crippen molar-refractivity contribution in [3.05, 3.63) is 96.6 Å². The number of rotatable bonds is 24. The van der Waals surface area contributed by atoms with Crippen LogP contribution in [0.5, 0.6) is 5.75 Å². The highest BCUT2D eigenvalue weighted by Crippen LogP contribution is 2.34. The molecular weight excluding hydrogens is 652 g/mol. The molecule has 0 N–H and O–H groups in total. The van der Waals surface area contributed by atoms with Crippen molar-refractivity contribution in [1.29, 1.82) is 0 Å². The van der Waals surface area contributed by atoms with Crippen molar-refractivity contribution in [1.82, 2.24) is 0 Å². The first kappa shape index (κ1) is 39.6. The van der Waals surface area contributed by atoms with Gasteiger partial charge >= 0.3 is 11.9 Å². The summed E-state index contributed by atoms with van der Waals surface area (Å²) in [6.45, 7) is 11.8. The van der Waals surface area contributed by atoms with Gasteiger partial charge in [0.15, 0.2) is 6.10 Å². The number of fused-ring (bicyclic) bond motifs is 1. The fourth-order valence-corrected chi connectivity index (χ4v) is 5.63. The molecular formula is C41H52O10. The van der Waals surface area contributed by atoms with Crippen LogP contribution < -0.4 is 4.74 Å². The van der Waals surface area contributed by atoms with Gasteiger partial charge in [0.1, 0.15) is 17.6 Å². The molecule has 2 aromatic carbocycles. The van der Waals surface area contributed by atoms with Gasteiger partial charge in [-0.25, -0.2) is 9.59 Å². The molecule has 2 saturated heterocycles. The van der Waals surface area contributed by atoms with E-state index in [0.717, 1.165) is 61.0 Å². The number of ether oxygens (including phenoxy) is 8. The number of hydrogen-bond donors (Lipinski definition) is 0. The van der Waals surface area contributed by atoms with Gasteiger partial charge in [0.25, 0.3) is 0 Å². The van der Waals surface area contributed by atoms with E-state index < -0.39 is 12.1 Å². The summed E-state index contributed by atoms with van der Waals surface area (Å²) in [7, 11) is 1.69. The van der Waals surface area contributed by atoms with Crippen molar-refractivity contribution in [2.45, 2.75) is 56.8 Å². The van der Waals surface area contributed by atoms with Crippen molar-refractivity contribution in [2.24, 2.45) is 5.92 Å². The number of carbonyl (C=O) groups excluding carboxylic acids is 2. The van der Waals surface area contributed by atoms with Gasteiger partial charge in [-0.2, -0.15) is 0 Å². The Morgan fingerprint density at radius 1 is 0.745 bits per heavy atom. The van der Waals surface area contributed by atoms with E-state index in [1.54, 1.807) is 13.2 Å². The van der Waals surface area contributed by atoms with E-state index in [1.807, 2.05) is 48.5 Å². The number of unbranched alkanes of at least 4 members (excludes halogenated alkanes) is 3. The van der Waals surface area contributed by atoms with E-state index in [0.29, 0.717) is 58.6 Å². The molecule has 2 aromatic rings. The Morgan fingerprint density at radius 3 is 2.16 bits per heavy atom. The molecule has 2 aliphatic heterocycles. The number of hydrogen-bond acceptors (Lipinski definition) is 10. The Bertz CT molecular complexity index is 1410. The summed E-state index contributed by atoms with van der Waals surface area (Å²) in [6, 6.07) is 15.6.